The average Bonchev–Trinajstić information content (AvgIpc) is 3.04. The number of rotatable bonds is 6. The predicted molar refractivity (Wildman–Crippen MR) is 71.3 cm³/mol. The SMILES string of the molecule is O=C(CNC1CCCC1)N1CCCC1CCCO. The first-order chi connectivity index (χ1) is 8.81. The Hall–Kier alpha value is -0.610. The molecular formula is C14H26N2O2. The Morgan fingerprint density at radius 2 is 2.00 bits per heavy atom. The van der Waals surface area contributed by atoms with Crippen LogP contribution in [-0.4, -0.2) is 47.7 Å². The zero-order valence-electron chi connectivity index (χ0n) is 11.2. The monoisotopic (exact) mass is 254 g/mol. The maximum atomic E-state index is 12.2. The molecule has 0 spiro atoms. The smallest absolute Gasteiger partial charge is 0.236 e. The fourth-order valence-corrected chi connectivity index (χ4v) is 3.25. The van der Waals surface area contributed by atoms with Gasteiger partial charge in [-0.1, -0.05) is 12.8 Å². The van der Waals surface area contributed by atoms with E-state index in [4.69, 9.17) is 5.11 Å². The van der Waals surface area contributed by atoms with Crippen LogP contribution in [0.2, 0.25) is 0 Å². The van der Waals surface area contributed by atoms with Gasteiger partial charge in [-0.3, -0.25) is 4.79 Å². The number of aliphatic hydroxyl groups excluding tert-OH is 1. The lowest BCUT2D eigenvalue weighted by Crippen LogP contribution is -2.43. The first-order valence-corrected chi connectivity index (χ1v) is 7.45. The van der Waals surface area contributed by atoms with E-state index in [9.17, 15) is 4.79 Å². The maximum absolute atomic E-state index is 12.2. The molecule has 4 heteroatoms. The number of hydrogen-bond donors (Lipinski definition) is 2. The standard InChI is InChI=1S/C14H26N2O2/c17-10-4-8-13-7-3-9-16(13)14(18)11-15-12-5-1-2-6-12/h12-13,15,17H,1-11H2. The van der Waals surface area contributed by atoms with Crippen molar-refractivity contribution in [1.82, 2.24) is 10.2 Å². The molecule has 1 amide bonds. The van der Waals surface area contributed by atoms with Crippen molar-refractivity contribution in [3.05, 3.63) is 0 Å². The third kappa shape index (κ3) is 3.69. The second kappa shape index (κ2) is 7.10. The van der Waals surface area contributed by atoms with E-state index < -0.39 is 0 Å². The van der Waals surface area contributed by atoms with Gasteiger partial charge in [-0.2, -0.15) is 0 Å². The summed E-state index contributed by atoms with van der Waals surface area (Å²) in [4.78, 5) is 14.2. The number of nitrogens with zero attached hydrogens (tertiary/aromatic N) is 1. The summed E-state index contributed by atoms with van der Waals surface area (Å²) in [7, 11) is 0. The molecule has 1 aliphatic carbocycles. The predicted octanol–water partition coefficient (Wildman–Crippen LogP) is 1.28. The van der Waals surface area contributed by atoms with Gasteiger partial charge in [0.05, 0.1) is 6.54 Å². The van der Waals surface area contributed by atoms with Crippen LogP contribution in [0.4, 0.5) is 0 Å². The number of carbonyl (C=O) groups is 1. The van der Waals surface area contributed by atoms with E-state index in [1.165, 1.54) is 25.7 Å². The van der Waals surface area contributed by atoms with Crippen LogP contribution in [0.15, 0.2) is 0 Å². The van der Waals surface area contributed by atoms with Crippen molar-refractivity contribution in [2.45, 2.75) is 63.5 Å². The van der Waals surface area contributed by atoms with Gasteiger partial charge in [0.1, 0.15) is 0 Å². The second-order valence-electron chi connectivity index (χ2n) is 5.61. The Kier molecular flexibility index (Phi) is 5.45. The summed E-state index contributed by atoms with van der Waals surface area (Å²) < 4.78 is 0. The highest BCUT2D eigenvalue weighted by molar-refractivity contribution is 5.78. The van der Waals surface area contributed by atoms with Gasteiger partial charge in [0.25, 0.3) is 0 Å². The van der Waals surface area contributed by atoms with E-state index in [1.807, 2.05) is 4.90 Å². The summed E-state index contributed by atoms with van der Waals surface area (Å²) in [6.45, 7) is 1.64. The molecule has 0 radical (unpaired) electrons. The fourth-order valence-electron chi connectivity index (χ4n) is 3.25. The molecule has 1 atom stereocenters. The fraction of sp³-hybridized carbons (Fsp3) is 0.929. The maximum Gasteiger partial charge on any atom is 0.236 e. The molecule has 2 aliphatic rings. The first-order valence-electron chi connectivity index (χ1n) is 7.45. The molecule has 4 nitrogen and oxygen atoms in total. The molecule has 2 fully saturated rings. The van der Waals surface area contributed by atoms with E-state index >= 15 is 0 Å². The molecule has 18 heavy (non-hydrogen) atoms. The third-order valence-corrected chi connectivity index (χ3v) is 4.29. The van der Waals surface area contributed by atoms with Crippen LogP contribution < -0.4 is 5.32 Å². The quantitative estimate of drug-likeness (QED) is 0.751. The highest BCUT2D eigenvalue weighted by Crippen LogP contribution is 2.22. The normalized spacial score (nSPS) is 24.9. The number of hydrogen-bond acceptors (Lipinski definition) is 3. The molecule has 0 aromatic carbocycles. The number of aliphatic hydroxyl groups is 1. The van der Waals surface area contributed by atoms with Crippen molar-refractivity contribution in [2.75, 3.05) is 19.7 Å². The largest absolute Gasteiger partial charge is 0.396 e. The zero-order chi connectivity index (χ0) is 12.8. The Morgan fingerprint density at radius 3 is 2.72 bits per heavy atom. The summed E-state index contributed by atoms with van der Waals surface area (Å²) in [6, 6.07) is 0.933. The van der Waals surface area contributed by atoms with E-state index in [1.54, 1.807) is 0 Å². The van der Waals surface area contributed by atoms with Gasteiger partial charge in [0, 0.05) is 25.2 Å². The van der Waals surface area contributed by atoms with Crippen LogP contribution in [0.5, 0.6) is 0 Å². The Balaban J connectivity index is 1.72. The highest BCUT2D eigenvalue weighted by Gasteiger charge is 2.28. The van der Waals surface area contributed by atoms with E-state index in [-0.39, 0.29) is 12.5 Å². The van der Waals surface area contributed by atoms with Crippen LogP contribution in [0, 0.1) is 0 Å². The summed E-state index contributed by atoms with van der Waals surface area (Å²) in [6.07, 6.45) is 9.03. The number of carbonyl (C=O) groups excluding carboxylic acids is 1. The van der Waals surface area contributed by atoms with Gasteiger partial charge >= 0.3 is 0 Å². The molecule has 2 rings (SSSR count). The minimum atomic E-state index is 0.235. The van der Waals surface area contributed by atoms with Crippen LogP contribution >= 0.6 is 0 Å². The summed E-state index contributed by atoms with van der Waals surface area (Å²) in [5.74, 6) is 0.252. The molecule has 0 aromatic heterocycles. The van der Waals surface area contributed by atoms with Crippen molar-refractivity contribution in [3.63, 3.8) is 0 Å². The lowest BCUT2D eigenvalue weighted by Gasteiger charge is -2.25. The van der Waals surface area contributed by atoms with E-state index in [0.717, 1.165) is 32.2 Å². The molecule has 2 N–H and O–H groups in total. The summed E-state index contributed by atoms with van der Waals surface area (Å²) in [5.41, 5.74) is 0. The van der Waals surface area contributed by atoms with Gasteiger partial charge < -0.3 is 15.3 Å². The average molecular weight is 254 g/mol. The van der Waals surface area contributed by atoms with Gasteiger partial charge in [-0.15, -0.1) is 0 Å². The zero-order valence-corrected chi connectivity index (χ0v) is 11.2. The number of amides is 1. The van der Waals surface area contributed by atoms with Gasteiger partial charge in [-0.05, 0) is 38.5 Å². The summed E-state index contributed by atoms with van der Waals surface area (Å²) in [5, 5.41) is 12.3. The molecule has 1 aliphatic heterocycles. The van der Waals surface area contributed by atoms with E-state index in [0.29, 0.717) is 18.6 Å². The molecule has 1 saturated heterocycles. The van der Waals surface area contributed by atoms with Crippen molar-refractivity contribution in [3.8, 4) is 0 Å². The lowest BCUT2D eigenvalue weighted by atomic mass is 10.1. The molecular weight excluding hydrogens is 228 g/mol. The van der Waals surface area contributed by atoms with Crippen molar-refractivity contribution >= 4 is 5.91 Å². The van der Waals surface area contributed by atoms with Crippen molar-refractivity contribution < 1.29 is 9.90 Å². The minimum absolute atomic E-state index is 0.235. The molecule has 0 aromatic rings. The Bertz CT molecular complexity index is 265. The lowest BCUT2D eigenvalue weighted by molar-refractivity contribution is -0.131. The Morgan fingerprint density at radius 1 is 1.22 bits per heavy atom. The molecule has 104 valence electrons. The first kappa shape index (κ1) is 13.8. The molecule has 1 heterocycles. The van der Waals surface area contributed by atoms with Crippen LogP contribution in [0.1, 0.15) is 51.4 Å². The molecule has 1 saturated carbocycles. The van der Waals surface area contributed by atoms with Gasteiger partial charge in [0.2, 0.25) is 5.91 Å². The number of nitrogens with one attached hydrogen (secondary N) is 1. The molecule has 1 unspecified atom stereocenters. The Labute approximate surface area is 110 Å². The van der Waals surface area contributed by atoms with E-state index in [2.05, 4.69) is 5.32 Å². The molecule has 0 bridgehead atoms. The van der Waals surface area contributed by atoms with Crippen LogP contribution in [0.25, 0.3) is 0 Å². The van der Waals surface area contributed by atoms with Crippen molar-refractivity contribution in [2.24, 2.45) is 0 Å². The summed E-state index contributed by atoms with van der Waals surface area (Å²) >= 11 is 0. The third-order valence-electron chi connectivity index (χ3n) is 4.29. The second-order valence-corrected chi connectivity index (χ2v) is 5.61. The van der Waals surface area contributed by atoms with Gasteiger partial charge in [-0.25, -0.2) is 0 Å². The topological polar surface area (TPSA) is 52.6 Å². The highest BCUT2D eigenvalue weighted by atomic mass is 16.3. The van der Waals surface area contributed by atoms with Crippen molar-refractivity contribution in [1.29, 1.82) is 0 Å². The van der Waals surface area contributed by atoms with Crippen LogP contribution in [0.3, 0.4) is 0 Å². The van der Waals surface area contributed by atoms with Crippen LogP contribution in [-0.2, 0) is 4.79 Å². The minimum Gasteiger partial charge on any atom is -0.396 e. The number of likely N-dealkylation sites (tertiary alicyclic amines) is 1. The van der Waals surface area contributed by atoms with Gasteiger partial charge in [0.15, 0.2) is 0 Å².